The average Bonchev–Trinajstić information content (AvgIpc) is 3.09. The van der Waals surface area contributed by atoms with E-state index in [1.54, 1.807) is 13.8 Å². The molecule has 0 spiro atoms. The number of ether oxygens (including phenoxy) is 1. The summed E-state index contributed by atoms with van der Waals surface area (Å²) in [5, 5.41) is 7.31. The summed E-state index contributed by atoms with van der Waals surface area (Å²) in [5.74, 6) is -0.129. The number of fused-ring (bicyclic) bond motifs is 1. The van der Waals surface area contributed by atoms with Crippen LogP contribution in [0.15, 0.2) is 48.9 Å². The van der Waals surface area contributed by atoms with E-state index in [0.29, 0.717) is 16.9 Å². The lowest BCUT2D eigenvalue weighted by atomic mass is 10.1. The molecule has 0 saturated carbocycles. The quantitative estimate of drug-likeness (QED) is 0.457. The SMILES string of the molecule is CCOC(=O)c1cncc(Nc2ncc3c(C)nc(-c4cccc(C(F)(F)F)c4)n3n2)c1. The summed E-state index contributed by atoms with van der Waals surface area (Å²) < 4.78 is 45.8. The number of halogens is 3. The molecule has 0 aliphatic heterocycles. The summed E-state index contributed by atoms with van der Waals surface area (Å²) in [7, 11) is 0. The summed E-state index contributed by atoms with van der Waals surface area (Å²) in [6, 6.07) is 6.41. The van der Waals surface area contributed by atoms with E-state index in [0.717, 1.165) is 12.1 Å². The number of aryl methyl sites for hydroxylation is 1. The van der Waals surface area contributed by atoms with E-state index in [9.17, 15) is 18.0 Å². The van der Waals surface area contributed by atoms with Crippen molar-refractivity contribution in [3.63, 3.8) is 0 Å². The lowest BCUT2D eigenvalue weighted by Crippen LogP contribution is -2.07. The van der Waals surface area contributed by atoms with Crippen molar-refractivity contribution in [1.82, 2.24) is 24.6 Å². The number of esters is 1. The molecule has 1 N–H and O–H groups in total. The number of anilines is 2. The van der Waals surface area contributed by atoms with Crippen LogP contribution in [0.1, 0.15) is 28.5 Å². The molecule has 32 heavy (non-hydrogen) atoms. The Morgan fingerprint density at radius 3 is 2.75 bits per heavy atom. The van der Waals surface area contributed by atoms with E-state index in [4.69, 9.17) is 4.74 Å². The summed E-state index contributed by atoms with van der Waals surface area (Å²) in [4.78, 5) is 24.5. The number of carbonyl (C=O) groups excluding carboxylic acids is 1. The minimum atomic E-state index is -4.48. The molecule has 4 aromatic rings. The fraction of sp³-hybridized carbons (Fsp3) is 0.190. The van der Waals surface area contributed by atoms with Crippen molar-refractivity contribution in [2.75, 3.05) is 11.9 Å². The molecule has 3 heterocycles. The molecule has 164 valence electrons. The van der Waals surface area contributed by atoms with Gasteiger partial charge in [-0.3, -0.25) is 4.98 Å². The predicted octanol–water partition coefficient (Wildman–Crippen LogP) is 4.43. The van der Waals surface area contributed by atoms with Gasteiger partial charge in [-0.2, -0.15) is 13.2 Å². The molecule has 0 bridgehead atoms. The molecule has 0 saturated heterocycles. The molecule has 0 atom stereocenters. The lowest BCUT2D eigenvalue weighted by Gasteiger charge is -2.09. The van der Waals surface area contributed by atoms with Crippen LogP contribution in [0.25, 0.3) is 16.9 Å². The van der Waals surface area contributed by atoms with Crippen LogP contribution in [0.5, 0.6) is 0 Å². The van der Waals surface area contributed by atoms with Crippen LogP contribution in [0.4, 0.5) is 24.8 Å². The maximum atomic E-state index is 13.1. The second-order valence-electron chi connectivity index (χ2n) is 6.79. The highest BCUT2D eigenvalue weighted by Crippen LogP contribution is 2.32. The highest BCUT2D eigenvalue weighted by Gasteiger charge is 2.31. The Hall–Kier alpha value is -4.02. The maximum Gasteiger partial charge on any atom is 0.416 e. The smallest absolute Gasteiger partial charge is 0.416 e. The molecule has 0 radical (unpaired) electrons. The Morgan fingerprint density at radius 1 is 1.19 bits per heavy atom. The molecule has 0 fully saturated rings. The van der Waals surface area contributed by atoms with E-state index >= 15 is 0 Å². The van der Waals surface area contributed by atoms with Gasteiger partial charge in [0.05, 0.1) is 41.5 Å². The first-order chi connectivity index (χ1) is 15.3. The van der Waals surface area contributed by atoms with Crippen molar-refractivity contribution in [2.45, 2.75) is 20.0 Å². The van der Waals surface area contributed by atoms with E-state index in [1.807, 2.05) is 0 Å². The second-order valence-corrected chi connectivity index (χ2v) is 6.79. The molecular weight excluding hydrogens is 425 g/mol. The normalized spacial score (nSPS) is 11.5. The van der Waals surface area contributed by atoms with Gasteiger partial charge in [0, 0.05) is 11.8 Å². The zero-order valence-electron chi connectivity index (χ0n) is 17.0. The van der Waals surface area contributed by atoms with Crippen molar-refractivity contribution >= 4 is 23.1 Å². The van der Waals surface area contributed by atoms with Crippen molar-refractivity contribution in [3.05, 3.63) is 65.7 Å². The van der Waals surface area contributed by atoms with Gasteiger partial charge in [-0.1, -0.05) is 12.1 Å². The van der Waals surface area contributed by atoms with Gasteiger partial charge in [-0.05, 0) is 32.0 Å². The zero-order valence-corrected chi connectivity index (χ0v) is 17.0. The highest BCUT2D eigenvalue weighted by atomic mass is 19.4. The Labute approximate surface area is 180 Å². The Morgan fingerprint density at radius 2 is 2.00 bits per heavy atom. The van der Waals surface area contributed by atoms with Gasteiger partial charge in [-0.25, -0.2) is 19.3 Å². The molecule has 0 aliphatic rings. The molecule has 8 nitrogen and oxygen atoms in total. The number of benzene rings is 1. The van der Waals surface area contributed by atoms with E-state index in [2.05, 4.69) is 25.4 Å². The zero-order chi connectivity index (χ0) is 22.9. The van der Waals surface area contributed by atoms with Crippen LogP contribution in [-0.4, -0.2) is 37.1 Å². The minimum absolute atomic E-state index is 0.144. The number of aromatic nitrogens is 5. The Kier molecular flexibility index (Phi) is 5.47. The van der Waals surface area contributed by atoms with Crippen LogP contribution in [0.2, 0.25) is 0 Å². The standard InChI is InChI=1S/C21H17F3N6O2/c1-3-32-19(31)14-8-16(10-25-9-14)28-20-26-11-17-12(2)27-18(30(17)29-20)13-5-4-6-15(7-13)21(22,23)24/h4-11H,3H2,1-2H3,(H,28,29). The third kappa shape index (κ3) is 4.22. The number of alkyl halides is 3. The van der Waals surface area contributed by atoms with Crippen LogP contribution in [-0.2, 0) is 10.9 Å². The average molecular weight is 442 g/mol. The van der Waals surface area contributed by atoms with Crippen LogP contribution in [0, 0.1) is 6.92 Å². The third-order valence-electron chi connectivity index (χ3n) is 4.53. The van der Waals surface area contributed by atoms with Crippen molar-refractivity contribution in [1.29, 1.82) is 0 Å². The van der Waals surface area contributed by atoms with Crippen molar-refractivity contribution < 1.29 is 22.7 Å². The van der Waals surface area contributed by atoms with E-state index in [-0.39, 0.29) is 29.5 Å². The Bertz CT molecular complexity index is 1300. The first-order valence-electron chi connectivity index (χ1n) is 9.55. The maximum absolute atomic E-state index is 13.1. The fourth-order valence-electron chi connectivity index (χ4n) is 3.07. The van der Waals surface area contributed by atoms with Crippen LogP contribution in [0.3, 0.4) is 0 Å². The molecule has 0 unspecified atom stereocenters. The largest absolute Gasteiger partial charge is 0.462 e. The van der Waals surface area contributed by atoms with Gasteiger partial charge in [-0.15, -0.1) is 5.10 Å². The van der Waals surface area contributed by atoms with Gasteiger partial charge < -0.3 is 10.1 Å². The van der Waals surface area contributed by atoms with Crippen LogP contribution < -0.4 is 5.32 Å². The van der Waals surface area contributed by atoms with Gasteiger partial charge >= 0.3 is 12.1 Å². The Balaban J connectivity index is 1.71. The van der Waals surface area contributed by atoms with Gasteiger partial charge in [0.25, 0.3) is 0 Å². The number of nitrogens with one attached hydrogen (secondary N) is 1. The van der Waals surface area contributed by atoms with Crippen molar-refractivity contribution in [3.8, 4) is 11.4 Å². The molecule has 0 aliphatic carbocycles. The van der Waals surface area contributed by atoms with Crippen LogP contribution >= 0.6 is 0 Å². The second kappa shape index (κ2) is 8.25. The fourth-order valence-corrected chi connectivity index (χ4v) is 3.07. The number of rotatable bonds is 5. The number of pyridine rings is 1. The van der Waals surface area contributed by atoms with E-state index < -0.39 is 17.7 Å². The summed E-state index contributed by atoms with van der Waals surface area (Å²) >= 11 is 0. The van der Waals surface area contributed by atoms with Crippen molar-refractivity contribution in [2.24, 2.45) is 0 Å². The summed E-state index contributed by atoms with van der Waals surface area (Å²) in [6.45, 7) is 3.65. The monoisotopic (exact) mass is 442 g/mol. The first-order valence-corrected chi connectivity index (χ1v) is 9.55. The molecular formula is C21H17F3N6O2. The molecule has 0 amide bonds. The number of imidazole rings is 1. The predicted molar refractivity (Wildman–Crippen MR) is 109 cm³/mol. The summed E-state index contributed by atoms with van der Waals surface area (Å²) in [5.41, 5.74) is 1.28. The topological polar surface area (TPSA) is 94.3 Å². The minimum Gasteiger partial charge on any atom is -0.462 e. The molecule has 4 rings (SSSR count). The highest BCUT2D eigenvalue weighted by molar-refractivity contribution is 5.90. The van der Waals surface area contributed by atoms with Gasteiger partial charge in [0.1, 0.15) is 5.52 Å². The number of hydrogen-bond donors (Lipinski definition) is 1. The first kappa shape index (κ1) is 21.2. The van der Waals surface area contributed by atoms with Gasteiger partial charge in [0.15, 0.2) is 5.82 Å². The molecule has 11 heteroatoms. The van der Waals surface area contributed by atoms with Gasteiger partial charge in [0.2, 0.25) is 5.95 Å². The number of hydrogen-bond acceptors (Lipinski definition) is 7. The third-order valence-corrected chi connectivity index (χ3v) is 4.53. The number of carbonyl (C=O) groups is 1. The summed E-state index contributed by atoms with van der Waals surface area (Å²) in [6.07, 6.45) is -0.116. The van der Waals surface area contributed by atoms with E-state index in [1.165, 1.54) is 41.3 Å². The number of nitrogens with zero attached hydrogens (tertiary/aromatic N) is 5. The molecule has 1 aromatic carbocycles. The lowest BCUT2D eigenvalue weighted by molar-refractivity contribution is -0.137. The molecule has 3 aromatic heterocycles.